The summed E-state index contributed by atoms with van der Waals surface area (Å²) in [4.78, 5) is 72.1. The van der Waals surface area contributed by atoms with Gasteiger partial charge in [0.05, 0.1) is 50.1 Å². The first-order valence-corrected chi connectivity index (χ1v) is 20.5. The van der Waals surface area contributed by atoms with Crippen LogP contribution in [0.25, 0.3) is 33.6 Å². The highest BCUT2D eigenvalue weighted by Crippen LogP contribution is 2.41. The number of rotatable bonds is 10. The van der Waals surface area contributed by atoms with Crippen molar-refractivity contribution < 1.29 is 28.7 Å². The number of likely N-dealkylation sites (tertiary alicyclic amines) is 2. The maximum absolute atomic E-state index is 13.8. The number of hydrogen-bond acceptors (Lipinski definition) is 8. The molecule has 4 aromatic rings. The van der Waals surface area contributed by atoms with E-state index in [1.165, 1.54) is 36.5 Å². The Morgan fingerprint density at radius 3 is 1.41 bits per heavy atom. The third-order valence-electron chi connectivity index (χ3n) is 12.2. The average Bonchev–Trinajstić information content (AvgIpc) is 4.04. The molecule has 0 bridgehead atoms. The Kier molecular flexibility index (Phi) is 11.7. The summed E-state index contributed by atoms with van der Waals surface area (Å²) < 4.78 is 9.60. The summed E-state index contributed by atoms with van der Waals surface area (Å²) in [6.45, 7) is 11.7. The van der Waals surface area contributed by atoms with Gasteiger partial charge in [0.2, 0.25) is 11.8 Å². The summed E-state index contributed by atoms with van der Waals surface area (Å²) in [7, 11) is 2.60. The van der Waals surface area contributed by atoms with Crippen LogP contribution in [0, 0.1) is 11.8 Å². The van der Waals surface area contributed by atoms with Crippen molar-refractivity contribution in [3.05, 3.63) is 71.6 Å². The van der Waals surface area contributed by atoms with Crippen molar-refractivity contribution in [1.29, 1.82) is 0 Å². The highest BCUT2D eigenvalue weighted by atomic mass is 16.5. The van der Waals surface area contributed by atoms with Crippen LogP contribution < -0.4 is 10.6 Å². The number of ether oxygens (including phenoxy) is 2. The van der Waals surface area contributed by atoms with Crippen molar-refractivity contribution in [3.8, 4) is 33.6 Å². The molecule has 0 unspecified atom stereocenters. The minimum absolute atomic E-state index is 0.00406. The van der Waals surface area contributed by atoms with E-state index in [4.69, 9.17) is 19.4 Å². The summed E-state index contributed by atoms with van der Waals surface area (Å²) in [5.74, 6) is 0.980. The lowest BCUT2D eigenvalue weighted by Crippen LogP contribution is -2.52. The van der Waals surface area contributed by atoms with E-state index in [2.05, 4.69) is 57.0 Å². The first-order valence-electron chi connectivity index (χ1n) is 20.5. The molecule has 0 radical (unpaired) electrons. The van der Waals surface area contributed by atoms with Crippen molar-refractivity contribution in [2.45, 2.75) is 116 Å². The van der Waals surface area contributed by atoms with E-state index in [0.29, 0.717) is 0 Å². The first kappa shape index (κ1) is 40.5. The molecule has 2 aromatic carbocycles. The lowest BCUT2D eigenvalue weighted by Gasteiger charge is -2.32. The van der Waals surface area contributed by atoms with E-state index in [9.17, 15) is 19.2 Å². The van der Waals surface area contributed by atoms with Crippen LogP contribution in [0.4, 0.5) is 9.59 Å². The summed E-state index contributed by atoms with van der Waals surface area (Å²) >= 11 is 0. The summed E-state index contributed by atoms with van der Waals surface area (Å²) in [5, 5.41) is 5.46. The van der Waals surface area contributed by atoms with E-state index < -0.39 is 24.3 Å². The van der Waals surface area contributed by atoms with Gasteiger partial charge in [-0.2, -0.15) is 0 Å². The molecule has 7 rings (SSSR count). The number of methoxy groups -OCH3 is 2. The number of carbonyl (C=O) groups excluding carboxylic acids is 4. The molecule has 2 fully saturated rings. The van der Waals surface area contributed by atoms with Gasteiger partial charge in [0.1, 0.15) is 23.7 Å². The van der Waals surface area contributed by atoms with Gasteiger partial charge in [-0.3, -0.25) is 9.59 Å². The van der Waals surface area contributed by atoms with E-state index in [-0.39, 0.29) is 47.8 Å². The fraction of sp³-hybridized carbons (Fsp3) is 0.500. The van der Waals surface area contributed by atoms with Crippen molar-refractivity contribution in [3.63, 3.8) is 0 Å². The van der Waals surface area contributed by atoms with Crippen molar-refractivity contribution >= 4 is 24.0 Å². The minimum atomic E-state index is -0.701. The van der Waals surface area contributed by atoms with Gasteiger partial charge in [0.15, 0.2) is 0 Å². The molecule has 0 spiro atoms. The fourth-order valence-corrected chi connectivity index (χ4v) is 9.00. The number of nitrogens with zero attached hydrogens (tertiary/aromatic N) is 4. The van der Waals surface area contributed by atoms with E-state index in [1.807, 2.05) is 63.7 Å². The summed E-state index contributed by atoms with van der Waals surface area (Å²) in [5.41, 5.74) is 8.79. The third-order valence-corrected chi connectivity index (χ3v) is 12.2. The van der Waals surface area contributed by atoms with Gasteiger partial charge >= 0.3 is 12.2 Å². The molecular formula is C44H56N8O6. The summed E-state index contributed by atoms with van der Waals surface area (Å²) in [6.07, 6.45) is 7.45. The maximum Gasteiger partial charge on any atom is 0.407 e. The maximum atomic E-state index is 13.8. The molecule has 308 valence electrons. The number of nitrogens with one attached hydrogen (secondary N) is 4. The molecule has 14 heteroatoms. The average molecular weight is 793 g/mol. The van der Waals surface area contributed by atoms with Crippen molar-refractivity contribution in [2.24, 2.45) is 11.8 Å². The molecule has 0 saturated carbocycles. The van der Waals surface area contributed by atoms with Crippen molar-refractivity contribution in [2.75, 3.05) is 14.2 Å². The molecular weight excluding hydrogens is 737 g/mol. The standard InChI is InChI=1S/C44H56N8O6/c1-23(2)37(49-43(55)57-7)41(53)51-25(5)9-17-35(51)39-45-21-33(47-39)29-13-15-31-27(19-29)11-12-28-20-30(14-16-32(28)31)34-22-46-40(48-34)36-18-10-26(6)52(36)42(54)38(24(3)4)50-44(56)58-8/h13-16,19-26,35-38H,9-12,17-18H2,1-8H3,(H,45,47)(H,46,48)(H,49,55)(H,50,56)/t25-,26-,35-,36-,37-,38-/m0/s1. The second kappa shape index (κ2) is 16.7. The zero-order chi connectivity index (χ0) is 41.4. The van der Waals surface area contributed by atoms with Crippen LogP contribution in [-0.2, 0) is 31.9 Å². The van der Waals surface area contributed by atoms with Gasteiger partial charge < -0.3 is 39.9 Å². The molecule has 3 aliphatic rings. The molecule has 14 nitrogen and oxygen atoms in total. The van der Waals surface area contributed by atoms with Gasteiger partial charge in [0.25, 0.3) is 0 Å². The predicted octanol–water partition coefficient (Wildman–Crippen LogP) is 7.10. The second-order valence-corrected chi connectivity index (χ2v) is 16.7. The molecule has 58 heavy (non-hydrogen) atoms. The smallest absolute Gasteiger partial charge is 0.407 e. The number of aryl methyl sites for hydroxylation is 2. The van der Waals surface area contributed by atoms with E-state index >= 15 is 0 Å². The lowest BCUT2D eigenvalue weighted by atomic mass is 9.83. The molecule has 2 aliphatic heterocycles. The monoisotopic (exact) mass is 792 g/mol. The Hall–Kier alpha value is -5.66. The summed E-state index contributed by atoms with van der Waals surface area (Å²) in [6, 6.07) is 11.2. The molecule has 2 aromatic heterocycles. The minimum Gasteiger partial charge on any atom is -0.453 e. The van der Waals surface area contributed by atoms with Crippen LogP contribution in [0.5, 0.6) is 0 Å². The Morgan fingerprint density at radius 1 is 0.655 bits per heavy atom. The number of aromatic nitrogens is 4. The van der Waals surface area contributed by atoms with Gasteiger partial charge in [0, 0.05) is 12.1 Å². The SMILES string of the molecule is COC(=O)N[C@H](C(=O)N1[C@@H](C)CC[C@H]1c1ncc(-c2ccc3c(c2)CCc2cc(-c4cnc([C@@H]5CC[C@H](C)N5C(=O)[C@@H](NC(=O)OC)C(C)C)[nH]4)ccc2-3)[nH]1)C(C)C. The van der Waals surface area contributed by atoms with Crippen LogP contribution in [0.1, 0.15) is 102 Å². The molecule has 4 heterocycles. The zero-order valence-electron chi connectivity index (χ0n) is 34.7. The van der Waals surface area contributed by atoms with E-state index in [0.717, 1.165) is 72.7 Å². The van der Waals surface area contributed by atoms with Crippen molar-refractivity contribution in [1.82, 2.24) is 40.4 Å². The number of hydrogen-bond donors (Lipinski definition) is 4. The number of imidazole rings is 2. The Morgan fingerprint density at radius 2 is 1.05 bits per heavy atom. The fourth-order valence-electron chi connectivity index (χ4n) is 9.00. The highest BCUT2D eigenvalue weighted by Gasteiger charge is 2.42. The normalized spacial score (nSPS) is 21.1. The second-order valence-electron chi connectivity index (χ2n) is 16.7. The number of benzene rings is 2. The largest absolute Gasteiger partial charge is 0.453 e. The topological polar surface area (TPSA) is 175 Å². The Bertz CT molecular complexity index is 2020. The number of aromatic amines is 2. The quantitative estimate of drug-likeness (QED) is 0.132. The van der Waals surface area contributed by atoms with Crippen LogP contribution in [0.2, 0.25) is 0 Å². The van der Waals surface area contributed by atoms with E-state index in [1.54, 1.807) is 0 Å². The number of H-pyrrole nitrogens is 2. The lowest BCUT2D eigenvalue weighted by molar-refractivity contribution is -0.138. The molecule has 4 amide bonds. The number of amides is 4. The number of alkyl carbamates (subject to hydrolysis) is 2. The Labute approximate surface area is 339 Å². The molecule has 2 saturated heterocycles. The first-order chi connectivity index (χ1) is 27.8. The van der Waals surface area contributed by atoms with Gasteiger partial charge in [-0.1, -0.05) is 52.0 Å². The van der Waals surface area contributed by atoms with Crippen LogP contribution in [0.3, 0.4) is 0 Å². The molecule has 1 aliphatic carbocycles. The number of carbonyl (C=O) groups is 4. The van der Waals surface area contributed by atoms with Crippen LogP contribution in [0.15, 0.2) is 48.8 Å². The number of fused-ring (bicyclic) bond motifs is 3. The molecule has 6 atom stereocenters. The Balaban J connectivity index is 1.07. The third kappa shape index (κ3) is 7.80. The van der Waals surface area contributed by atoms with Crippen LogP contribution >= 0.6 is 0 Å². The van der Waals surface area contributed by atoms with Gasteiger partial charge in [-0.05, 0) is 110 Å². The van der Waals surface area contributed by atoms with Gasteiger partial charge in [-0.25, -0.2) is 19.6 Å². The molecule has 4 N–H and O–H groups in total. The zero-order valence-corrected chi connectivity index (χ0v) is 34.7. The van der Waals surface area contributed by atoms with Gasteiger partial charge in [-0.15, -0.1) is 0 Å². The predicted molar refractivity (Wildman–Crippen MR) is 219 cm³/mol. The highest BCUT2D eigenvalue weighted by molar-refractivity contribution is 5.87. The van der Waals surface area contributed by atoms with Crippen LogP contribution in [-0.4, -0.2) is 92.1 Å².